The number of benzene rings is 2. The summed E-state index contributed by atoms with van der Waals surface area (Å²) in [6.07, 6.45) is 11.2. The minimum Gasteiger partial charge on any atom is -0.504 e. The molecular weight excluding hydrogens is 460 g/mol. The Bertz CT molecular complexity index is 1140. The van der Waals surface area contributed by atoms with Crippen molar-refractivity contribution in [2.75, 3.05) is 26.7 Å². The largest absolute Gasteiger partial charge is 0.504 e. The van der Waals surface area contributed by atoms with Gasteiger partial charge in [0.25, 0.3) is 0 Å². The number of phenolic OH excluding ortho intramolecular Hbond substituents is 1. The number of hydrogen-bond acceptors (Lipinski definition) is 5. The smallest absolute Gasteiger partial charge is 0.165 e. The van der Waals surface area contributed by atoms with E-state index in [0.29, 0.717) is 5.75 Å². The molecule has 2 bridgehead atoms. The van der Waals surface area contributed by atoms with Crippen LogP contribution in [0.4, 0.5) is 0 Å². The lowest BCUT2D eigenvalue weighted by molar-refractivity contribution is -0.197. The minimum atomic E-state index is -0.847. The van der Waals surface area contributed by atoms with Gasteiger partial charge >= 0.3 is 0 Å². The van der Waals surface area contributed by atoms with Crippen molar-refractivity contribution in [3.8, 4) is 11.5 Å². The van der Waals surface area contributed by atoms with Gasteiger partial charge in [0.05, 0.1) is 11.0 Å². The maximum Gasteiger partial charge on any atom is 0.165 e. The van der Waals surface area contributed by atoms with E-state index >= 15 is 0 Å². The van der Waals surface area contributed by atoms with Crippen LogP contribution in [0.15, 0.2) is 55.1 Å². The van der Waals surface area contributed by atoms with Crippen LogP contribution in [0, 0.1) is 0 Å². The number of aromatic hydroxyl groups is 1. The molecule has 1 saturated carbocycles. The third-order valence-electron chi connectivity index (χ3n) is 10.0. The van der Waals surface area contributed by atoms with Gasteiger partial charge in [-0.1, -0.05) is 55.3 Å². The fraction of sp³-hybridized carbons (Fsp3) is 0.562. The number of aryl methyl sites for hydroxylation is 1. The number of unbranched alkanes of at least 4 members (excludes halogenated alkanes) is 3. The van der Waals surface area contributed by atoms with Gasteiger partial charge in [-0.15, -0.1) is 6.58 Å². The molecule has 2 fully saturated rings. The summed E-state index contributed by atoms with van der Waals surface area (Å²) >= 11 is 0. The quantitative estimate of drug-likeness (QED) is 0.360. The van der Waals surface area contributed by atoms with E-state index < -0.39 is 11.0 Å². The Labute approximate surface area is 221 Å². The summed E-state index contributed by atoms with van der Waals surface area (Å²) in [7, 11) is 2.23. The highest BCUT2D eigenvalue weighted by Crippen LogP contribution is 2.65. The van der Waals surface area contributed by atoms with Crippen molar-refractivity contribution < 1.29 is 14.9 Å². The number of hydrogen-bond donors (Lipinski definition) is 2. The molecule has 6 rings (SSSR count). The number of likely N-dealkylation sites (tertiary alicyclic amines) is 1. The van der Waals surface area contributed by atoms with E-state index in [9.17, 15) is 10.2 Å². The second-order valence-electron chi connectivity index (χ2n) is 11.9. The lowest BCUT2D eigenvalue weighted by Crippen LogP contribution is -2.78. The van der Waals surface area contributed by atoms with Crippen molar-refractivity contribution in [1.29, 1.82) is 0 Å². The van der Waals surface area contributed by atoms with Crippen LogP contribution >= 0.6 is 0 Å². The Balaban J connectivity index is 1.18. The summed E-state index contributed by atoms with van der Waals surface area (Å²) < 4.78 is 6.71. The zero-order valence-corrected chi connectivity index (χ0v) is 22.2. The summed E-state index contributed by atoms with van der Waals surface area (Å²) in [5, 5.41) is 23.3. The Morgan fingerprint density at radius 1 is 1.11 bits per heavy atom. The number of likely N-dealkylation sites (N-methyl/N-ethyl adjacent to an activating group) is 1. The zero-order valence-electron chi connectivity index (χ0n) is 22.2. The number of nitrogens with zero attached hydrogens (tertiary/aromatic N) is 2. The molecule has 1 spiro atoms. The van der Waals surface area contributed by atoms with Crippen LogP contribution in [0.1, 0.15) is 61.6 Å². The Kier molecular flexibility index (Phi) is 6.58. The van der Waals surface area contributed by atoms with Gasteiger partial charge in [0.2, 0.25) is 0 Å². The molecule has 2 heterocycles. The molecule has 5 nitrogen and oxygen atoms in total. The molecule has 2 N–H and O–H groups in total. The van der Waals surface area contributed by atoms with Gasteiger partial charge in [0.15, 0.2) is 11.5 Å². The van der Waals surface area contributed by atoms with Gasteiger partial charge < -0.3 is 14.9 Å². The molecule has 0 unspecified atom stereocenters. The van der Waals surface area contributed by atoms with Gasteiger partial charge in [-0.25, -0.2) is 0 Å². The van der Waals surface area contributed by atoms with Crippen molar-refractivity contribution in [1.82, 2.24) is 9.80 Å². The summed E-state index contributed by atoms with van der Waals surface area (Å²) in [4.78, 5) is 4.90. The molecule has 2 aliphatic carbocycles. The summed E-state index contributed by atoms with van der Waals surface area (Å²) in [5.41, 5.74) is 2.47. The average Bonchev–Trinajstić information content (AvgIpc) is 3.25. The van der Waals surface area contributed by atoms with Gasteiger partial charge in [0.1, 0.15) is 6.10 Å². The van der Waals surface area contributed by atoms with E-state index in [1.165, 1.54) is 36.8 Å². The normalized spacial score (nSPS) is 31.7. The molecule has 2 aromatic carbocycles. The Morgan fingerprint density at radius 2 is 1.92 bits per heavy atom. The molecule has 1 saturated heterocycles. The number of piperidine rings is 1. The number of aliphatic hydroxyl groups is 1. The van der Waals surface area contributed by atoms with Crippen LogP contribution in [-0.2, 0) is 18.3 Å². The molecule has 2 aliphatic heterocycles. The first-order valence-corrected chi connectivity index (χ1v) is 14.3. The second-order valence-corrected chi connectivity index (χ2v) is 11.9. The molecular formula is C32H42N2O3. The van der Waals surface area contributed by atoms with Crippen molar-refractivity contribution in [3.63, 3.8) is 0 Å². The Morgan fingerprint density at radius 3 is 2.73 bits per heavy atom. The fourth-order valence-corrected chi connectivity index (χ4v) is 8.29. The molecule has 0 aromatic heterocycles. The first-order valence-electron chi connectivity index (χ1n) is 14.3. The number of ether oxygens (including phenoxy) is 1. The van der Waals surface area contributed by atoms with Gasteiger partial charge in [-0.3, -0.25) is 9.80 Å². The minimum absolute atomic E-state index is 0.0595. The van der Waals surface area contributed by atoms with Gasteiger partial charge in [-0.05, 0) is 82.3 Å². The third kappa shape index (κ3) is 3.85. The summed E-state index contributed by atoms with van der Waals surface area (Å²) in [5.74, 6) is 0.856. The maximum absolute atomic E-state index is 12.5. The molecule has 5 atom stereocenters. The van der Waals surface area contributed by atoms with E-state index in [1.807, 2.05) is 6.08 Å². The van der Waals surface area contributed by atoms with Crippen LogP contribution in [0.5, 0.6) is 11.5 Å². The van der Waals surface area contributed by atoms with Crippen molar-refractivity contribution in [3.05, 3.63) is 71.8 Å². The fourth-order valence-electron chi connectivity index (χ4n) is 8.29. The predicted octanol–water partition coefficient (Wildman–Crippen LogP) is 4.84. The highest BCUT2D eigenvalue weighted by Gasteiger charge is 2.73. The first kappa shape index (κ1) is 25.0. The predicted molar refractivity (Wildman–Crippen MR) is 147 cm³/mol. The van der Waals surface area contributed by atoms with Gasteiger partial charge in [-0.2, -0.15) is 0 Å². The van der Waals surface area contributed by atoms with E-state index in [2.05, 4.69) is 59.8 Å². The zero-order chi connectivity index (χ0) is 25.6. The van der Waals surface area contributed by atoms with Crippen molar-refractivity contribution >= 4 is 0 Å². The molecule has 2 aromatic rings. The monoisotopic (exact) mass is 502 g/mol. The average molecular weight is 503 g/mol. The Hall–Kier alpha value is -2.34. The van der Waals surface area contributed by atoms with E-state index in [4.69, 9.17) is 4.74 Å². The van der Waals surface area contributed by atoms with Crippen LogP contribution in [0.25, 0.3) is 0 Å². The van der Waals surface area contributed by atoms with E-state index in [1.54, 1.807) is 6.07 Å². The molecule has 198 valence electrons. The SMILES string of the molecule is C=CCN1CC[C@]23c4c5ccc(O)c4O[C@H]2[C@@H](N(C)CCCCCCc2ccccc2)CC[C@@]3(O)[C@H]1C5. The lowest BCUT2D eigenvalue weighted by Gasteiger charge is -2.64. The van der Waals surface area contributed by atoms with E-state index in [-0.39, 0.29) is 23.9 Å². The topological polar surface area (TPSA) is 56.2 Å². The van der Waals surface area contributed by atoms with Crippen LogP contribution in [0.2, 0.25) is 0 Å². The standard InChI is InChI=1S/C32H42N2O3/c1-3-19-34-21-18-31-28-24-14-15-26(35)29(28)37-30(31)25(16-17-32(31,36)27(34)22-24)33(2)20-10-5-4-7-11-23-12-8-6-9-13-23/h3,6,8-9,12-15,25,27,30,35-36H,1,4-5,7,10-11,16-22H2,2H3/t25-,27+,30-,31-,32+/m0/s1. The number of rotatable bonds is 10. The molecule has 37 heavy (non-hydrogen) atoms. The first-order chi connectivity index (χ1) is 18.0. The number of phenols is 1. The summed E-state index contributed by atoms with van der Waals surface area (Å²) in [6.45, 7) is 6.73. The van der Waals surface area contributed by atoms with Crippen LogP contribution < -0.4 is 4.74 Å². The van der Waals surface area contributed by atoms with Crippen LogP contribution in [0.3, 0.4) is 0 Å². The molecule has 5 heteroatoms. The van der Waals surface area contributed by atoms with E-state index in [0.717, 1.165) is 57.3 Å². The van der Waals surface area contributed by atoms with Crippen molar-refractivity contribution in [2.24, 2.45) is 0 Å². The van der Waals surface area contributed by atoms with Crippen molar-refractivity contribution in [2.45, 2.75) is 87.0 Å². The second kappa shape index (κ2) is 9.76. The maximum atomic E-state index is 12.5. The highest BCUT2D eigenvalue weighted by atomic mass is 16.5. The van der Waals surface area contributed by atoms with Gasteiger partial charge in [0, 0.05) is 24.2 Å². The lowest BCUT2D eigenvalue weighted by atomic mass is 9.48. The summed E-state index contributed by atoms with van der Waals surface area (Å²) in [6, 6.07) is 14.9. The molecule has 0 amide bonds. The third-order valence-corrected chi connectivity index (χ3v) is 10.0. The molecule has 0 radical (unpaired) electrons. The molecule has 4 aliphatic rings. The van der Waals surface area contributed by atoms with Crippen LogP contribution in [-0.4, -0.2) is 70.5 Å². The highest BCUT2D eigenvalue weighted by molar-refractivity contribution is 5.62.